The molecule has 1 aromatic carbocycles. The van der Waals surface area contributed by atoms with Crippen molar-refractivity contribution < 1.29 is 14.4 Å². The smallest absolute Gasteiger partial charge is 0.261 e. The molecule has 1 aromatic rings. The Hall–Kier alpha value is -2.21. The third-order valence-electron chi connectivity index (χ3n) is 5.11. The van der Waals surface area contributed by atoms with E-state index < -0.39 is 0 Å². The summed E-state index contributed by atoms with van der Waals surface area (Å²) in [6.07, 6.45) is 4.65. The van der Waals surface area contributed by atoms with Crippen molar-refractivity contribution in [2.75, 3.05) is 19.6 Å². The summed E-state index contributed by atoms with van der Waals surface area (Å²) in [5.74, 6) is -0.660. The van der Waals surface area contributed by atoms with Crippen LogP contribution in [0.4, 0.5) is 0 Å². The molecule has 1 atom stereocenters. The van der Waals surface area contributed by atoms with E-state index in [1.54, 1.807) is 23.1 Å². The lowest BCUT2D eigenvalue weighted by atomic mass is 9.99. The van der Waals surface area contributed by atoms with Crippen LogP contribution in [0.15, 0.2) is 18.2 Å². The molecule has 134 valence electrons. The maximum Gasteiger partial charge on any atom is 0.261 e. The monoisotopic (exact) mass is 343 g/mol. The molecule has 6 nitrogen and oxygen atoms in total. The Labute approximate surface area is 148 Å². The van der Waals surface area contributed by atoms with Crippen molar-refractivity contribution in [3.8, 4) is 0 Å². The van der Waals surface area contributed by atoms with Gasteiger partial charge in [0.1, 0.15) is 0 Å². The van der Waals surface area contributed by atoms with E-state index in [-0.39, 0.29) is 23.8 Å². The molecule has 2 aliphatic heterocycles. The molecule has 0 spiro atoms. The van der Waals surface area contributed by atoms with Gasteiger partial charge in [0.25, 0.3) is 17.7 Å². The van der Waals surface area contributed by atoms with Gasteiger partial charge in [-0.05, 0) is 43.9 Å². The van der Waals surface area contributed by atoms with Crippen molar-refractivity contribution in [2.45, 2.75) is 45.1 Å². The minimum Gasteiger partial charge on any atom is -0.334 e. The minimum atomic E-state index is -0.294. The Morgan fingerprint density at radius 2 is 1.96 bits per heavy atom. The first-order valence-corrected chi connectivity index (χ1v) is 9.09. The van der Waals surface area contributed by atoms with Crippen LogP contribution < -0.4 is 5.73 Å². The van der Waals surface area contributed by atoms with Gasteiger partial charge in [0.2, 0.25) is 0 Å². The Morgan fingerprint density at radius 1 is 1.20 bits per heavy atom. The summed E-state index contributed by atoms with van der Waals surface area (Å²) in [5, 5.41) is 0. The predicted octanol–water partition coefficient (Wildman–Crippen LogP) is 2.04. The number of rotatable bonds is 5. The third kappa shape index (κ3) is 3.18. The van der Waals surface area contributed by atoms with Crippen LogP contribution in [0.3, 0.4) is 0 Å². The first kappa shape index (κ1) is 17.6. The lowest BCUT2D eigenvalue weighted by Crippen LogP contribution is -2.47. The van der Waals surface area contributed by atoms with Crippen molar-refractivity contribution in [1.82, 2.24) is 9.80 Å². The van der Waals surface area contributed by atoms with E-state index in [1.165, 1.54) is 4.90 Å². The number of nitrogens with two attached hydrogens (primary N) is 1. The zero-order chi connectivity index (χ0) is 18.0. The summed E-state index contributed by atoms with van der Waals surface area (Å²) >= 11 is 0. The van der Waals surface area contributed by atoms with Crippen molar-refractivity contribution in [3.63, 3.8) is 0 Å². The van der Waals surface area contributed by atoms with Crippen LogP contribution in [0.5, 0.6) is 0 Å². The molecule has 3 rings (SSSR count). The Morgan fingerprint density at radius 3 is 2.68 bits per heavy atom. The third-order valence-corrected chi connectivity index (χ3v) is 5.11. The number of piperidine rings is 1. The fourth-order valence-electron chi connectivity index (χ4n) is 3.62. The second-order valence-corrected chi connectivity index (χ2v) is 6.76. The second-order valence-electron chi connectivity index (χ2n) is 6.76. The molecule has 1 fully saturated rings. The number of benzene rings is 1. The molecule has 2 aliphatic rings. The first-order valence-electron chi connectivity index (χ1n) is 9.09. The normalized spacial score (nSPS) is 20.2. The number of hydrogen-bond acceptors (Lipinski definition) is 4. The number of nitrogens with zero attached hydrogens (tertiary/aromatic N) is 2. The van der Waals surface area contributed by atoms with E-state index in [2.05, 4.69) is 0 Å². The van der Waals surface area contributed by atoms with Crippen LogP contribution in [0.25, 0.3) is 0 Å². The molecular formula is C19H25N3O3. The van der Waals surface area contributed by atoms with E-state index in [1.807, 2.05) is 6.92 Å². The van der Waals surface area contributed by atoms with Gasteiger partial charge in [0.15, 0.2) is 0 Å². The molecule has 6 heteroatoms. The summed E-state index contributed by atoms with van der Waals surface area (Å²) in [4.78, 5) is 40.9. The van der Waals surface area contributed by atoms with E-state index in [9.17, 15) is 14.4 Å². The maximum atomic E-state index is 12.9. The van der Waals surface area contributed by atoms with E-state index in [0.717, 1.165) is 32.1 Å². The summed E-state index contributed by atoms with van der Waals surface area (Å²) in [7, 11) is 0. The van der Waals surface area contributed by atoms with Crippen LogP contribution in [0.2, 0.25) is 0 Å². The van der Waals surface area contributed by atoms with Gasteiger partial charge < -0.3 is 10.6 Å². The Balaban J connectivity index is 1.85. The van der Waals surface area contributed by atoms with Gasteiger partial charge >= 0.3 is 0 Å². The fourth-order valence-corrected chi connectivity index (χ4v) is 3.62. The largest absolute Gasteiger partial charge is 0.334 e. The average molecular weight is 343 g/mol. The standard InChI is InChI=1S/C19H25N3O3/c1-2-3-9-22-18(24)15-8-7-13(11-16(15)19(22)25)17(23)21-10-5-4-6-14(21)12-20/h7-8,11,14H,2-6,9-10,12,20H2,1H3. The molecule has 1 unspecified atom stereocenters. The van der Waals surface area contributed by atoms with E-state index in [0.29, 0.717) is 36.3 Å². The molecule has 25 heavy (non-hydrogen) atoms. The molecule has 0 bridgehead atoms. The number of amides is 3. The molecule has 0 aliphatic carbocycles. The molecule has 3 amide bonds. The maximum absolute atomic E-state index is 12.9. The first-order chi connectivity index (χ1) is 12.1. The zero-order valence-corrected chi connectivity index (χ0v) is 14.7. The van der Waals surface area contributed by atoms with Crippen LogP contribution in [0.1, 0.15) is 70.1 Å². The molecule has 1 saturated heterocycles. The number of imide groups is 1. The van der Waals surface area contributed by atoms with Crippen LogP contribution >= 0.6 is 0 Å². The van der Waals surface area contributed by atoms with Gasteiger partial charge in [-0.1, -0.05) is 13.3 Å². The molecule has 2 N–H and O–H groups in total. The summed E-state index contributed by atoms with van der Waals surface area (Å²) < 4.78 is 0. The summed E-state index contributed by atoms with van der Waals surface area (Å²) in [5.41, 5.74) is 7.00. The zero-order valence-electron chi connectivity index (χ0n) is 14.7. The van der Waals surface area contributed by atoms with Crippen molar-refractivity contribution >= 4 is 17.7 Å². The summed E-state index contributed by atoms with van der Waals surface area (Å²) in [6, 6.07) is 4.88. The van der Waals surface area contributed by atoms with E-state index >= 15 is 0 Å². The van der Waals surface area contributed by atoms with Crippen molar-refractivity contribution in [1.29, 1.82) is 0 Å². The molecular weight excluding hydrogens is 318 g/mol. The highest BCUT2D eigenvalue weighted by atomic mass is 16.2. The number of likely N-dealkylation sites (tertiary alicyclic amines) is 1. The number of carbonyl (C=O) groups excluding carboxylic acids is 3. The van der Waals surface area contributed by atoms with Gasteiger partial charge in [-0.25, -0.2) is 0 Å². The van der Waals surface area contributed by atoms with Gasteiger partial charge in [-0.3, -0.25) is 19.3 Å². The van der Waals surface area contributed by atoms with Gasteiger partial charge in [-0.2, -0.15) is 0 Å². The fraction of sp³-hybridized carbons (Fsp3) is 0.526. The van der Waals surface area contributed by atoms with Crippen molar-refractivity contribution in [2.24, 2.45) is 5.73 Å². The summed E-state index contributed by atoms with van der Waals surface area (Å²) in [6.45, 7) is 3.57. The number of unbranched alkanes of at least 4 members (excludes halogenated alkanes) is 1. The quantitative estimate of drug-likeness (QED) is 0.829. The topological polar surface area (TPSA) is 83.7 Å². The second kappa shape index (κ2) is 7.35. The highest BCUT2D eigenvalue weighted by molar-refractivity contribution is 6.22. The average Bonchev–Trinajstić information content (AvgIpc) is 2.89. The number of fused-ring (bicyclic) bond motifs is 1. The predicted molar refractivity (Wildman–Crippen MR) is 94.4 cm³/mol. The number of carbonyl (C=O) groups is 3. The van der Waals surface area contributed by atoms with Gasteiger partial charge in [0.05, 0.1) is 11.1 Å². The lowest BCUT2D eigenvalue weighted by Gasteiger charge is -2.35. The van der Waals surface area contributed by atoms with Crippen LogP contribution in [-0.4, -0.2) is 53.2 Å². The van der Waals surface area contributed by atoms with Crippen LogP contribution in [-0.2, 0) is 0 Å². The molecule has 0 aromatic heterocycles. The van der Waals surface area contributed by atoms with Crippen LogP contribution in [0, 0.1) is 0 Å². The highest BCUT2D eigenvalue weighted by Crippen LogP contribution is 2.26. The van der Waals surface area contributed by atoms with Gasteiger partial charge in [-0.15, -0.1) is 0 Å². The van der Waals surface area contributed by atoms with Gasteiger partial charge in [0, 0.05) is 31.2 Å². The SMILES string of the molecule is CCCCN1C(=O)c2ccc(C(=O)N3CCCCC3CN)cc2C1=O. The molecule has 2 heterocycles. The minimum absolute atomic E-state index is 0.0490. The Bertz CT molecular complexity index is 701. The highest BCUT2D eigenvalue weighted by Gasteiger charge is 2.36. The van der Waals surface area contributed by atoms with E-state index in [4.69, 9.17) is 5.73 Å². The number of hydrogen-bond donors (Lipinski definition) is 1. The van der Waals surface area contributed by atoms with Crippen molar-refractivity contribution in [3.05, 3.63) is 34.9 Å². The lowest BCUT2D eigenvalue weighted by molar-refractivity contribution is 0.0621. The molecule has 0 saturated carbocycles. The Kier molecular flexibility index (Phi) is 5.18. The molecule has 0 radical (unpaired) electrons.